The van der Waals surface area contributed by atoms with Crippen LogP contribution in [0, 0.1) is 0 Å². The normalized spacial score (nSPS) is 26.1. The molecule has 0 bridgehead atoms. The van der Waals surface area contributed by atoms with Crippen molar-refractivity contribution in [1.29, 1.82) is 0 Å². The minimum absolute atomic E-state index is 0.172. The summed E-state index contributed by atoms with van der Waals surface area (Å²) in [4.78, 5) is 14.6. The molecule has 3 heteroatoms. The van der Waals surface area contributed by atoms with E-state index in [1.807, 2.05) is 12.1 Å². The Balaban J connectivity index is 1.92. The molecule has 0 spiro atoms. The van der Waals surface area contributed by atoms with Crippen LogP contribution in [0.5, 0.6) is 5.75 Å². The Morgan fingerprint density at radius 3 is 2.62 bits per heavy atom. The van der Waals surface area contributed by atoms with E-state index in [4.69, 9.17) is 4.74 Å². The summed E-state index contributed by atoms with van der Waals surface area (Å²) in [5.74, 6) is 1.19. The van der Waals surface area contributed by atoms with Crippen LogP contribution in [-0.4, -0.2) is 30.4 Å². The number of nitrogens with zero attached hydrogens (tertiary/aromatic N) is 1. The molecule has 2 atom stereocenters. The smallest absolute Gasteiger partial charge is 0.136 e. The van der Waals surface area contributed by atoms with Crippen molar-refractivity contribution in [3.8, 4) is 5.75 Å². The molecule has 0 saturated carbocycles. The number of benzene rings is 1. The summed E-state index contributed by atoms with van der Waals surface area (Å²) >= 11 is 0. The molecular formula is C18H21NO2. The third-order valence-electron chi connectivity index (χ3n) is 4.64. The Kier molecular flexibility index (Phi) is 3.96. The van der Waals surface area contributed by atoms with E-state index in [0.29, 0.717) is 18.6 Å². The van der Waals surface area contributed by atoms with E-state index in [-0.39, 0.29) is 12.1 Å². The fraction of sp³-hybridized carbons (Fsp3) is 0.444. The van der Waals surface area contributed by atoms with Crippen LogP contribution in [0.2, 0.25) is 0 Å². The zero-order chi connectivity index (χ0) is 14.8. The van der Waals surface area contributed by atoms with Crippen molar-refractivity contribution >= 4 is 5.78 Å². The van der Waals surface area contributed by atoms with Gasteiger partial charge in [0.2, 0.25) is 0 Å². The molecule has 2 fully saturated rings. The average Bonchev–Trinajstić information content (AvgIpc) is 2.53. The number of Topliss-reactive ketones (excluding diaryl/α,β-unsaturated/α-hetero) is 1. The maximum atomic E-state index is 12.2. The largest absolute Gasteiger partial charge is 0.497 e. The third kappa shape index (κ3) is 2.67. The van der Waals surface area contributed by atoms with Crippen LogP contribution in [0.25, 0.3) is 0 Å². The minimum Gasteiger partial charge on any atom is -0.497 e. The van der Waals surface area contributed by atoms with Gasteiger partial charge in [0.25, 0.3) is 0 Å². The number of hydrogen-bond acceptors (Lipinski definition) is 3. The molecule has 2 saturated heterocycles. The number of carbonyl (C=O) groups excluding carboxylic acids is 1. The van der Waals surface area contributed by atoms with Crippen LogP contribution in [0.1, 0.15) is 37.3 Å². The van der Waals surface area contributed by atoms with E-state index in [0.717, 1.165) is 25.1 Å². The van der Waals surface area contributed by atoms with Gasteiger partial charge in [-0.25, -0.2) is 0 Å². The molecule has 0 amide bonds. The Bertz CT molecular complexity index is 584. The quantitative estimate of drug-likeness (QED) is 0.780. The van der Waals surface area contributed by atoms with Crippen molar-refractivity contribution in [2.75, 3.05) is 13.7 Å². The highest BCUT2D eigenvalue weighted by molar-refractivity contribution is 5.81. The highest BCUT2D eigenvalue weighted by Crippen LogP contribution is 2.39. The van der Waals surface area contributed by atoms with E-state index in [9.17, 15) is 4.79 Å². The molecule has 3 nitrogen and oxygen atoms in total. The van der Waals surface area contributed by atoms with Gasteiger partial charge in [-0.2, -0.15) is 0 Å². The molecule has 2 aliphatic rings. The Labute approximate surface area is 125 Å². The van der Waals surface area contributed by atoms with Crippen LogP contribution in [0.4, 0.5) is 0 Å². The second kappa shape index (κ2) is 5.88. The topological polar surface area (TPSA) is 29.5 Å². The second-order valence-corrected chi connectivity index (χ2v) is 5.80. The third-order valence-corrected chi connectivity index (χ3v) is 4.64. The van der Waals surface area contributed by atoms with E-state index in [2.05, 4.69) is 29.3 Å². The summed E-state index contributed by atoms with van der Waals surface area (Å²) in [5, 5.41) is 0. The van der Waals surface area contributed by atoms with Gasteiger partial charge in [-0.15, -0.1) is 5.73 Å². The summed E-state index contributed by atoms with van der Waals surface area (Å²) in [7, 11) is 1.67. The fourth-order valence-electron chi connectivity index (χ4n) is 3.56. The average molecular weight is 283 g/mol. The summed E-state index contributed by atoms with van der Waals surface area (Å²) in [6, 6.07) is 8.46. The van der Waals surface area contributed by atoms with Gasteiger partial charge in [-0.3, -0.25) is 9.69 Å². The van der Waals surface area contributed by atoms with Crippen molar-refractivity contribution in [3.63, 3.8) is 0 Å². The summed E-state index contributed by atoms with van der Waals surface area (Å²) in [6.07, 6.45) is 3.36. The van der Waals surface area contributed by atoms with Crippen molar-refractivity contribution in [2.45, 2.75) is 37.8 Å². The lowest BCUT2D eigenvalue weighted by molar-refractivity contribution is -0.125. The molecule has 110 valence electrons. The van der Waals surface area contributed by atoms with Gasteiger partial charge >= 0.3 is 0 Å². The number of fused-ring (bicyclic) bond motifs is 1. The minimum atomic E-state index is 0.172. The van der Waals surface area contributed by atoms with Crippen LogP contribution >= 0.6 is 0 Å². The molecule has 3 rings (SSSR count). The highest BCUT2D eigenvalue weighted by atomic mass is 16.5. The first-order valence-corrected chi connectivity index (χ1v) is 7.53. The monoisotopic (exact) mass is 283 g/mol. The molecule has 21 heavy (non-hydrogen) atoms. The lowest BCUT2D eigenvalue weighted by atomic mass is 9.83. The number of rotatable bonds is 2. The first-order chi connectivity index (χ1) is 10.2. The maximum absolute atomic E-state index is 12.2. The van der Waals surface area contributed by atoms with E-state index in [1.54, 1.807) is 7.11 Å². The highest BCUT2D eigenvalue weighted by Gasteiger charge is 2.38. The predicted octanol–water partition coefficient (Wildman–Crippen LogP) is 3.27. The number of ether oxygens (including phenoxy) is 1. The number of methoxy groups -OCH3 is 1. The molecule has 1 aromatic carbocycles. The molecule has 2 heterocycles. The van der Waals surface area contributed by atoms with Crippen LogP contribution in [0.3, 0.4) is 0 Å². The number of carbonyl (C=O) groups is 1. The SMILES string of the molecule is C=C=C1CCCN2[C@H]1CC(=O)C[C@H]2c1ccc(OC)cc1. The van der Waals surface area contributed by atoms with E-state index >= 15 is 0 Å². The molecule has 0 aromatic heterocycles. The zero-order valence-electron chi connectivity index (χ0n) is 12.5. The number of hydrogen-bond donors (Lipinski definition) is 0. The summed E-state index contributed by atoms with van der Waals surface area (Å²) in [5.41, 5.74) is 5.46. The van der Waals surface area contributed by atoms with Gasteiger partial charge in [0.15, 0.2) is 0 Å². The number of piperidine rings is 2. The Hall–Kier alpha value is -1.83. The van der Waals surface area contributed by atoms with Gasteiger partial charge in [0.1, 0.15) is 11.5 Å². The molecule has 0 aliphatic carbocycles. The first-order valence-electron chi connectivity index (χ1n) is 7.53. The Morgan fingerprint density at radius 1 is 1.24 bits per heavy atom. The second-order valence-electron chi connectivity index (χ2n) is 5.80. The lowest BCUT2D eigenvalue weighted by Crippen LogP contribution is -2.48. The number of ketones is 1. The fourth-order valence-corrected chi connectivity index (χ4v) is 3.56. The van der Waals surface area contributed by atoms with Crippen LogP contribution in [-0.2, 0) is 4.79 Å². The molecule has 2 aliphatic heterocycles. The summed E-state index contributed by atoms with van der Waals surface area (Å²) < 4.78 is 5.22. The van der Waals surface area contributed by atoms with Crippen molar-refractivity contribution in [2.24, 2.45) is 0 Å². The molecule has 0 radical (unpaired) electrons. The Morgan fingerprint density at radius 2 is 1.95 bits per heavy atom. The van der Waals surface area contributed by atoms with Gasteiger partial charge < -0.3 is 4.74 Å². The molecule has 0 unspecified atom stereocenters. The van der Waals surface area contributed by atoms with Gasteiger partial charge in [0, 0.05) is 24.9 Å². The first kappa shape index (κ1) is 14.1. The standard InChI is InChI=1S/C18H21NO2/c1-3-13-5-4-10-19-17(13)11-15(20)12-18(19)14-6-8-16(21-2)9-7-14/h6-9,17-18H,1,4-5,10-12H2,2H3/t17-,18-/m0/s1. The molecular weight excluding hydrogens is 262 g/mol. The van der Waals surface area contributed by atoms with E-state index in [1.165, 1.54) is 11.1 Å². The van der Waals surface area contributed by atoms with E-state index < -0.39 is 0 Å². The molecule has 1 aromatic rings. The van der Waals surface area contributed by atoms with Gasteiger partial charge in [-0.1, -0.05) is 18.7 Å². The maximum Gasteiger partial charge on any atom is 0.136 e. The van der Waals surface area contributed by atoms with Crippen LogP contribution in [0.15, 0.2) is 42.1 Å². The summed E-state index contributed by atoms with van der Waals surface area (Å²) in [6.45, 7) is 4.85. The zero-order valence-corrected chi connectivity index (χ0v) is 12.5. The van der Waals surface area contributed by atoms with Crippen molar-refractivity contribution in [3.05, 3.63) is 47.7 Å². The van der Waals surface area contributed by atoms with Crippen LogP contribution < -0.4 is 4.74 Å². The van der Waals surface area contributed by atoms with Gasteiger partial charge in [-0.05, 0) is 42.7 Å². The molecule has 0 N–H and O–H groups in total. The van der Waals surface area contributed by atoms with Crippen molar-refractivity contribution < 1.29 is 9.53 Å². The van der Waals surface area contributed by atoms with Crippen molar-refractivity contribution in [1.82, 2.24) is 4.90 Å². The van der Waals surface area contributed by atoms with Gasteiger partial charge in [0.05, 0.1) is 7.11 Å². The predicted molar refractivity (Wildman–Crippen MR) is 82.4 cm³/mol. The lowest BCUT2D eigenvalue weighted by Gasteiger charge is -2.45.